The molecule has 0 aromatic heterocycles. The number of aryl methyl sites for hydroxylation is 1. The van der Waals surface area contributed by atoms with E-state index in [2.05, 4.69) is 31.2 Å². The summed E-state index contributed by atoms with van der Waals surface area (Å²) in [6.07, 6.45) is 7.37. The van der Waals surface area contributed by atoms with Crippen LogP contribution in [0.15, 0.2) is 29.2 Å². The van der Waals surface area contributed by atoms with Crippen LogP contribution >= 0.6 is 11.8 Å². The summed E-state index contributed by atoms with van der Waals surface area (Å²) in [5.74, 6) is 2.92. The fraction of sp³-hybridized carbons (Fsp3) is 0.632. The second-order valence-electron chi connectivity index (χ2n) is 7.70. The van der Waals surface area contributed by atoms with Crippen molar-refractivity contribution in [3.8, 4) is 0 Å². The zero-order valence-corrected chi connectivity index (χ0v) is 14.0. The van der Waals surface area contributed by atoms with Gasteiger partial charge in [0.05, 0.1) is 5.41 Å². The minimum absolute atomic E-state index is 0.0891. The second-order valence-corrected chi connectivity index (χ2v) is 8.70. The maximum Gasteiger partial charge on any atom is 0.312 e. The molecule has 4 aliphatic carbocycles. The van der Waals surface area contributed by atoms with Crippen molar-refractivity contribution in [2.24, 2.45) is 23.2 Å². The third-order valence-electron chi connectivity index (χ3n) is 5.91. The zero-order chi connectivity index (χ0) is 15.2. The van der Waals surface area contributed by atoms with Gasteiger partial charge < -0.3 is 4.74 Å². The molecule has 1 aromatic carbocycles. The van der Waals surface area contributed by atoms with Crippen LogP contribution in [0.5, 0.6) is 0 Å². The molecule has 118 valence electrons. The van der Waals surface area contributed by atoms with Crippen LogP contribution in [-0.4, -0.2) is 11.9 Å². The molecule has 0 aliphatic heterocycles. The first kappa shape index (κ1) is 14.6. The number of carbonyl (C=O) groups excluding carboxylic acids is 1. The molecule has 0 unspecified atom stereocenters. The highest BCUT2D eigenvalue weighted by molar-refractivity contribution is 7.99. The third-order valence-corrected chi connectivity index (χ3v) is 6.75. The van der Waals surface area contributed by atoms with E-state index in [0.717, 1.165) is 37.0 Å². The minimum Gasteiger partial charge on any atom is -0.454 e. The van der Waals surface area contributed by atoms with Crippen LogP contribution in [0.3, 0.4) is 0 Å². The molecule has 0 atom stereocenters. The Morgan fingerprint density at radius 2 is 1.64 bits per heavy atom. The Labute approximate surface area is 137 Å². The normalized spacial score (nSPS) is 35.6. The predicted molar refractivity (Wildman–Crippen MR) is 88.6 cm³/mol. The van der Waals surface area contributed by atoms with Crippen molar-refractivity contribution in [1.82, 2.24) is 0 Å². The lowest BCUT2D eigenvalue weighted by Gasteiger charge is -2.55. The Kier molecular flexibility index (Phi) is 3.72. The van der Waals surface area contributed by atoms with Gasteiger partial charge in [0.15, 0.2) is 0 Å². The van der Waals surface area contributed by atoms with E-state index in [0.29, 0.717) is 5.94 Å². The molecule has 0 spiro atoms. The van der Waals surface area contributed by atoms with Gasteiger partial charge in [0.2, 0.25) is 0 Å². The monoisotopic (exact) mass is 316 g/mol. The van der Waals surface area contributed by atoms with Gasteiger partial charge in [-0.3, -0.25) is 4.79 Å². The molecule has 0 saturated heterocycles. The van der Waals surface area contributed by atoms with E-state index in [4.69, 9.17) is 4.74 Å². The van der Waals surface area contributed by atoms with Crippen LogP contribution in [-0.2, 0) is 9.53 Å². The maximum atomic E-state index is 12.7. The Morgan fingerprint density at radius 1 is 1.09 bits per heavy atom. The minimum atomic E-state index is -0.122. The number of hydrogen-bond acceptors (Lipinski definition) is 3. The topological polar surface area (TPSA) is 26.3 Å². The SMILES string of the molecule is Cc1ccc(SCOC(=O)C23CC4CC(CC(C4)C2)C3)cc1. The summed E-state index contributed by atoms with van der Waals surface area (Å²) in [6.45, 7) is 2.08. The van der Waals surface area contributed by atoms with Gasteiger partial charge in [-0.05, 0) is 75.3 Å². The van der Waals surface area contributed by atoms with E-state index in [1.54, 1.807) is 11.8 Å². The van der Waals surface area contributed by atoms with Crippen molar-refractivity contribution in [3.05, 3.63) is 29.8 Å². The van der Waals surface area contributed by atoms with Crippen molar-refractivity contribution < 1.29 is 9.53 Å². The van der Waals surface area contributed by atoms with Crippen molar-refractivity contribution in [2.45, 2.75) is 50.3 Å². The van der Waals surface area contributed by atoms with Gasteiger partial charge in [0.25, 0.3) is 0 Å². The summed E-state index contributed by atoms with van der Waals surface area (Å²) in [6, 6.07) is 8.39. The number of hydrogen-bond donors (Lipinski definition) is 0. The van der Waals surface area contributed by atoms with Gasteiger partial charge in [-0.15, -0.1) is 0 Å². The summed E-state index contributed by atoms with van der Waals surface area (Å²) in [7, 11) is 0. The summed E-state index contributed by atoms with van der Waals surface area (Å²) >= 11 is 1.62. The molecule has 0 N–H and O–H groups in total. The summed E-state index contributed by atoms with van der Waals surface area (Å²) < 4.78 is 5.69. The highest BCUT2D eigenvalue weighted by Gasteiger charge is 2.55. The van der Waals surface area contributed by atoms with Crippen LogP contribution in [0.1, 0.15) is 44.1 Å². The summed E-state index contributed by atoms with van der Waals surface area (Å²) in [4.78, 5) is 13.9. The molecule has 4 bridgehead atoms. The number of benzene rings is 1. The Morgan fingerprint density at radius 3 is 2.18 bits per heavy atom. The van der Waals surface area contributed by atoms with Gasteiger partial charge in [-0.2, -0.15) is 0 Å². The molecule has 0 heterocycles. The average Bonchev–Trinajstić information content (AvgIpc) is 2.48. The van der Waals surface area contributed by atoms with E-state index >= 15 is 0 Å². The predicted octanol–water partition coefficient (Wildman–Crippen LogP) is 4.80. The van der Waals surface area contributed by atoms with E-state index in [-0.39, 0.29) is 11.4 Å². The molecule has 0 amide bonds. The molecular weight excluding hydrogens is 292 g/mol. The van der Waals surface area contributed by atoms with E-state index in [9.17, 15) is 4.79 Å². The molecule has 2 nitrogen and oxygen atoms in total. The molecule has 4 saturated carbocycles. The largest absolute Gasteiger partial charge is 0.454 e. The van der Waals surface area contributed by atoms with Gasteiger partial charge in [0.1, 0.15) is 5.94 Å². The number of carbonyl (C=O) groups is 1. The first-order chi connectivity index (χ1) is 10.6. The number of ether oxygens (including phenoxy) is 1. The van der Waals surface area contributed by atoms with Gasteiger partial charge in [-0.1, -0.05) is 29.5 Å². The highest BCUT2D eigenvalue weighted by Crippen LogP contribution is 2.60. The van der Waals surface area contributed by atoms with Gasteiger partial charge >= 0.3 is 5.97 Å². The molecule has 0 radical (unpaired) electrons. The maximum absolute atomic E-state index is 12.7. The fourth-order valence-electron chi connectivity index (χ4n) is 5.30. The van der Waals surface area contributed by atoms with E-state index in [1.807, 2.05) is 0 Å². The average molecular weight is 316 g/mol. The Bertz CT molecular complexity index is 528. The molecule has 5 rings (SSSR count). The Balaban J connectivity index is 1.35. The quantitative estimate of drug-likeness (QED) is 0.453. The van der Waals surface area contributed by atoms with Crippen LogP contribution < -0.4 is 0 Å². The van der Waals surface area contributed by atoms with Crippen molar-refractivity contribution in [1.29, 1.82) is 0 Å². The summed E-state index contributed by atoms with van der Waals surface area (Å²) in [5.41, 5.74) is 1.14. The molecular formula is C19H24O2S. The molecule has 1 aromatic rings. The van der Waals surface area contributed by atoms with Crippen LogP contribution in [0, 0.1) is 30.1 Å². The number of esters is 1. The number of rotatable bonds is 4. The number of thioether (sulfide) groups is 1. The standard InChI is InChI=1S/C19H24O2S/c1-13-2-4-17(5-3-13)22-12-21-18(20)19-9-14-6-15(10-19)8-16(7-14)11-19/h2-5,14-16H,6-12H2,1H3. The van der Waals surface area contributed by atoms with Crippen LogP contribution in [0.25, 0.3) is 0 Å². The Hall–Kier alpha value is -0.960. The lowest BCUT2D eigenvalue weighted by atomic mass is 9.49. The van der Waals surface area contributed by atoms with E-state index < -0.39 is 0 Å². The van der Waals surface area contributed by atoms with E-state index in [1.165, 1.54) is 29.7 Å². The smallest absolute Gasteiger partial charge is 0.312 e. The first-order valence-corrected chi connectivity index (χ1v) is 9.48. The fourth-order valence-corrected chi connectivity index (χ4v) is 5.93. The van der Waals surface area contributed by atoms with Gasteiger partial charge in [0, 0.05) is 4.90 Å². The van der Waals surface area contributed by atoms with Crippen LogP contribution in [0.4, 0.5) is 0 Å². The van der Waals surface area contributed by atoms with Gasteiger partial charge in [-0.25, -0.2) is 0 Å². The molecule has 4 aliphatic rings. The highest BCUT2D eigenvalue weighted by atomic mass is 32.2. The van der Waals surface area contributed by atoms with Crippen molar-refractivity contribution >= 4 is 17.7 Å². The van der Waals surface area contributed by atoms with Crippen molar-refractivity contribution in [2.75, 3.05) is 5.94 Å². The lowest BCUT2D eigenvalue weighted by molar-refractivity contribution is -0.169. The zero-order valence-electron chi connectivity index (χ0n) is 13.2. The first-order valence-electron chi connectivity index (χ1n) is 8.50. The second kappa shape index (κ2) is 5.59. The molecule has 4 fully saturated rings. The summed E-state index contributed by atoms with van der Waals surface area (Å²) in [5, 5.41) is 0. The third kappa shape index (κ3) is 2.68. The molecule has 22 heavy (non-hydrogen) atoms. The lowest BCUT2D eigenvalue weighted by Crippen LogP contribution is -2.50. The molecule has 3 heteroatoms. The van der Waals surface area contributed by atoms with Crippen molar-refractivity contribution in [3.63, 3.8) is 0 Å². The van der Waals surface area contributed by atoms with Crippen LogP contribution in [0.2, 0.25) is 0 Å².